The fourth-order valence-corrected chi connectivity index (χ4v) is 1.59. The van der Waals surface area contributed by atoms with Crippen LogP contribution in [0, 0.1) is 0 Å². The van der Waals surface area contributed by atoms with Crippen molar-refractivity contribution in [2.24, 2.45) is 0 Å². The first-order valence-electron chi connectivity index (χ1n) is 6.91. The van der Waals surface area contributed by atoms with Crippen LogP contribution in [0.25, 0.3) is 0 Å². The maximum absolute atomic E-state index is 12.1. The Morgan fingerprint density at radius 3 is 2.41 bits per heavy atom. The van der Waals surface area contributed by atoms with E-state index in [0.717, 1.165) is 6.07 Å². The van der Waals surface area contributed by atoms with E-state index in [1.165, 1.54) is 0 Å². The summed E-state index contributed by atoms with van der Waals surface area (Å²) in [6.45, 7) is 7.11. The molecule has 0 spiro atoms. The van der Waals surface area contributed by atoms with Gasteiger partial charge in [-0.3, -0.25) is 19.4 Å². The molecule has 0 aliphatic carbocycles. The molecule has 0 saturated carbocycles. The van der Waals surface area contributed by atoms with Gasteiger partial charge in [0, 0.05) is 25.7 Å². The third-order valence-corrected chi connectivity index (χ3v) is 2.62. The molecule has 0 saturated heterocycles. The van der Waals surface area contributed by atoms with E-state index >= 15 is 0 Å². The third-order valence-electron chi connectivity index (χ3n) is 2.62. The van der Waals surface area contributed by atoms with E-state index in [-0.39, 0.29) is 17.5 Å². The molecular weight excluding hydrogens is 286 g/mol. The van der Waals surface area contributed by atoms with E-state index in [0.29, 0.717) is 0 Å². The van der Waals surface area contributed by atoms with Gasteiger partial charge in [0.25, 0.3) is 11.5 Å². The number of rotatable bonds is 4. The lowest BCUT2D eigenvalue weighted by Crippen LogP contribution is -2.51. The first kappa shape index (κ1) is 17.7. The fourth-order valence-electron chi connectivity index (χ4n) is 1.59. The summed E-state index contributed by atoms with van der Waals surface area (Å²) >= 11 is 0. The Bertz CT molecular complexity index is 616. The van der Waals surface area contributed by atoms with Gasteiger partial charge in [0.1, 0.15) is 11.7 Å². The number of nitrogens with zero attached hydrogens (tertiary/aromatic N) is 2. The van der Waals surface area contributed by atoms with E-state index in [4.69, 9.17) is 0 Å². The van der Waals surface area contributed by atoms with Gasteiger partial charge in [-0.25, -0.2) is 4.98 Å². The van der Waals surface area contributed by atoms with Gasteiger partial charge in [-0.05, 0) is 27.7 Å². The van der Waals surface area contributed by atoms with Gasteiger partial charge in [0.2, 0.25) is 11.9 Å². The van der Waals surface area contributed by atoms with Crippen LogP contribution in [0.1, 0.15) is 38.2 Å². The second kappa shape index (κ2) is 6.59. The summed E-state index contributed by atoms with van der Waals surface area (Å²) in [5, 5.41) is 5.29. The molecule has 0 unspecified atom stereocenters. The van der Waals surface area contributed by atoms with Crippen molar-refractivity contribution in [1.29, 1.82) is 0 Å². The van der Waals surface area contributed by atoms with Crippen LogP contribution in [0.2, 0.25) is 0 Å². The van der Waals surface area contributed by atoms with Gasteiger partial charge in [-0.15, -0.1) is 0 Å². The molecule has 1 aromatic rings. The molecule has 122 valence electrons. The molecule has 22 heavy (non-hydrogen) atoms. The molecule has 0 radical (unpaired) electrons. The van der Waals surface area contributed by atoms with Crippen LogP contribution in [0.4, 0.5) is 5.95 Å². The van der Waals surface area contributed by atoms with Crippen molar-refractivity contribution in [1.82, 2.24) is 20.6 Å². The van der Waals surface area contributed by atoms with Crippen LogP contribution < -0.4 is 21.1 Å². The number of carbonyl (C=O) groups is 2. The lowest BCUT2D eigenvalue weighted by atomic mass is 10.1. The van der Waals surface area contributed by atoms with Crippen molar-refractivity contribution >= 4 is 17.8 Å². The van der Waals surface area contributed by atoms with Crippen molar-refractivity contribution in [3.8, 4) is 0 Å². The second-order valence-corrected chi connectivity index (χ2v) is 6.28. The van der Waals surface area contributed by atoms with Gasteiger partial charge in [0.05, 0.1) is 0 Å². The lowest BCUT2D eigenvalue weighted by molar-refractivity contribution is -0.124. The highest BCUT2D eigenvalue weighted by atomic mass is 16.2. The number of aromatic amines is 1. The molecule has 3 N–H and O–H groups in total. The van der Waals surface area contributed by atoms with Crippen LogP contribution in [0.5, 0.6) is 0 Å². The average Bonchev–Trinajstić information content (AvgIpc) is 2.35. The van der Waals surface area contributed by atoms with Gasteiger partial charge in [0.15, 0.2) is 0 Å². The van der Waals surface area contributed by atoms with E-state index in [1.807, 2.05) is 20.8 Å². The van der Waals surface area contributed by atoms with Crippen LogP contribution >= 0.6 is 0 Å². The van der Waals surface area contributed by atoms with Gasteiger partial charge in [-0.2, -0.15) is 0 Å². The van der Waals surface area contributed by atoms with Crippen molar-refractivity contribution in [2.45, 2.75) is 39.3 Å². The molecule has 0 bridgehead atoms. The summed E-state index contributed by atoms with van der Waals surface area (Å²) in [6, 6.07) is 0.354. The Morgan fingerprint density at radius 1 is 1.32 bits per heavy atom. The number of carbonyl (C=O) groups excluding carboxylic acids is 2. The molecule has 0 aromatic carbocycles. The Kier molecular flexibility index (Phi) is 5.29. The molecule has 1 rings (SSSR count). The normalized spacial score (nSPS) is 12.5. The quantitative estimate of drug-likeness (QED) is 0.718. The zero-order valence-electron chi connectivity index (χ0n) is 13.8. The molecular formula is C14H23N5O3. The summed E-state index contributed by atoms with van der Waals surface area (Å²) < 4.78 is 0. The van der Waals surface area contributed by atoms with E-state index < -0.39 is 23.0 Å². The standard InChI is InChI=1S/C14H23N5O3/c1-8(11(21)18-14(2,3)4)15-12(22)9-7-10(20)17-13(16-9)19(5)6/h7-8H,1-6H3,(H,15,22)(H,18,21)(H,16,17,20)/t8-/m1/s1. The highest BCUT2D eigenvalue weighted by molar-refractivity contribution is 5.96. The number of H-pyrrole nitrogens is 1. The first-order valence-corrected chi connectivity index (χ1v) is 6.91. The molecule has 8 nitrogen and oxygen atoms in total. The topological polar surface area (TPSA) is 107 Å². The smallest absolute Gasteiger partial charge is 0.270 e. The van der Waals surface area contributed by atoms with Crippen molar-refractivity contribution in [3.05, 3.63) is 22.1 Å². The average molecular weight is 309 g/mol. The molecule has 2 amide bonds. The monoisotopic (exact) mass is 309 g/mol. The largest absolute Gasteiger partial charge is 0.350 e. The number of hydrogen-bond acceptors (Lipinski definition) is 5. The van der Waals surface area contributed by atoms with Crippen LogP contribution in [-0.2, 0) is 4.79 Å². The molecule has 0 aliphatic rings. The predicted molar refractivity (Wildman–Crippen MR) is 84.0 cm³/mol. The predicted octanol–water partition coefficient (Wildman–Crippen LogP) is -0.131. The number of amides is 2. The highest BCUT2D eigenvalue weighted by Gasteiger charge is 2.22. The summed E-state index contributed by atoms with van der Waals surface area (Å²) in [4.78, 5) is 43.8. The van der Waals surface area contributed by atoms with Crippen LogP contribution in [-0.4, -0.2) is 47.5 Å². The zero-order valence-corrected chi connectivity index (χ0v) is 13.8. The summed E-state index contributed by atoms with van der Waals surface area (Å²) in [7, 11) is 3.39. The molecule has 8 heteroatoms. The van der Waals surface area contributed by atoms with Crippen LogP contribution in [0.3, 0.4) is 0 Å². The van der Waals surface area contributed by atoms with Crippen molar-refractivity contribution in [3.63, 3.8) is 0 Å². The maximum atomic E-state index is 12.1. The zero-order chi connectivity index (χ0) is 17.1. The highest BCUT2D eigenvalue weighted by Crippen LogP contribution is 2.02. The van der Waals surface area contributed by atoms with Crippen LogP contribution in [0.15, 0.2) is 10.9 Å². The molecule has 0 fully saturated rings. The number of aromatic nitrogens is 2. The Balaban J connectivity index is 2.85. The van der Waals surface area contributed by atoms with E-state index in [9.17, 15) is 14.4 Å². The molecule has 1 heterocycles. The Morgan fingerprint density at radius 2 is 1.91 bits per heavy atom. The number of hydrogen-bond donors (Lipinski definition) is 3. The number of nitrogens with one attached hydrogen (secondary N) is 3. The van der Waals surface area contributed by atoms with Crippen molar-refractivity contribution in [2.75, 3.05) is 19.0 Å². The van der Waals surface area contributed by atoms with Crippen molar-refractivity contribution < 1.29 is 9.59 Å². The third kappa shape index (κ3) is 5.19. The van der Waals surface area contributed by atoms with E-state index in [1.54, 1.807) is 25.9 Å². The molecule has 1 aromatic heterocycles. The molecule has 0 aliphatic heterocycles. The lowest BCUT2D eigenvalue weighted by Gasteiger charge is -2.23. The minimum Gasteiger partial charge on any atom is -0.350 e. The van der Waals surface area contributed by atoms with E-state index in [2.05, 4.69) is 20.6 Å². The summed E-state index contributed by atoms with van der Waals surface area (Å²) in [6.07, 6.45) is 0. The Labute approximate surface area is 129 Å². The first-order chi connectivity index (χ1) is 9.99. The SMILES string of the molecule is C[C@@H](NC(=O)c1cc(=O)[nH]c(N(C)C)n1)C(=O)NC(C)(C)C. The fraction of sp³-hybridized carbons (Fsp3) is 0.571. The Hall–Kier alpha value is -2.38. The van der Waals surface area contributed by atoms with Gasteiger partial charge >= 0.3 is 0 Å². The minimum atomic E-state index is -0.740. The molecule has 1 atom stereocenters. The summed E-state index contributed by atoms with van der Waals surface area (Å²) in [5.41, 5.74) is -0.866. The second-order valence-electron chi connectivity index (χ2n) is 6.28. The minimum absolute atomic E-state index is 0.0390. The maximum Gasteiger partial charge on any atom is 0.270 e. The van der Waals surface area contributed by atoms with Gasteiger partial charge in [-0.1, -0.05) is 0 Å². The van der Waals surface area contributed by atoms with Gasteiger partial charge < -0.3 is 15.5 Å². The summed E-state index contributed by atoms with van der Waals surface area (Å²) in [5.74, 6) is -0.617. The number of anilines is 1.